The summed E-state index contributed by atoms with van der Waals surface area (Å²) in [5.74, 6) is 0. The van der Waals surface area contributed by atoms with E-state index in [9.17, 15) is 4.79 Å². The smallest absolute Gasteiger partial charge is 0.256 e. The molecule has 4 heteroatoms. The van der Waals surface area contributed by atoms with E-state index in [1.807, 2.05) is 66.7 Å². The highest BCUT2D eigenvalue weighted by atomic mass is 35.5. The van der Waals surface area contributed by atoms with E-state index in [0.717, 1.165) is 22.0 Å². The van der Waals surface area contributed by atoms with E-state index >= 15 is 0 Å². The number of rotatable bonds is 3. The van der Waals surface area contributed by atoms with Gasteiger partial charge in [-0.15, -0.1) is 0 Å². The number of halogens is 1. The van der Waals surface area contributed by atoms with Gasteiger partial charge in [0.15, 0.2) is 0 Å². The van der Waals surface area contributed by atoms with E-state index in [2.05, 4.69) is 11.2 Å². The van der Waals surface area contributed by atoms with Crippen LogP contribution < -0.4 is 0 Å². The summed E-state index contributed by atoms with van der Waals surface area (Å²) in [6.07, 6.45) is 1.68. The van der Waals surface area contributed by atoms with Crippen LogP contribution in [0.25, 0.3) is 27.7 Å². The third-order valence-electron chi connectivity index (χ3n) is 3.97. The van der Waals surface area contributed by atoms with Gasteiger partial charge < -0.3 is 0 Å². The fourth-order valence-electron chi connectivity index (χ4n) is 2.78. The van der Waals surface area contributed by atoms with E-state index < -0.39 is 5.24 Å². The molecule has 0 aliphatic heterocycles. The van der Waals surface area contributed by atoms with Crippen LogP contribution in [0.5, 0.6) is 0 Å². The number of aromatic nitrogens is 2. The zero-order chi connectivity index (χ0) is 16.5. The summed E-state index contributed by atoms with van der Waals surface area (Å²) in [6, 6.07) is 23.7. The highest BCUT2D eigenvalue weighted by Crippen LogP contribution is 2.28. The first kappa shape index (κ1) is 14.7. The minimum Gasteiger partial charge on any atom is -0.275 e. The van der Waals surface area contributed by atoms with Crippen LogP contribution in [-0.2, 0) is 0 Å². The summed E-state index contributed by atoms with van der Waals surface area (Å²) < 4.78 is 1.68. The second-order valence-electron chi connectivity index (χ2n) is 5.51. The molecule has 1 aromatic heterocycles. The fraction of sp³-hybridized carbons (Fsp3) is 0. The van der Waals surface area contributed by atoms with Gasteiger partial charge in [-0.05, 0) is 40.6 Å². The Bertz CT molecular complexity index is 1040. The van der Waals surface area contributed by atoms with E-state index in [-0.39, 0.29) is 0 Å². The van der Waals surface area contributed by atoms with Crippen LogP contribution in [0.4, 0.5) is 0 Å². The molecule has 0 aliphatic carbocycles. The number of hydrogen-bond acceptors (Lipinski definition) is 2. The van der Waals surface area contributed by atoms with Gasteiger partial charge in [0.05, 0.1) is 11.3 Å². The average molecular weight is 333 g/mol. The first-order valence-corrected chi connectivity index (χ1v) is 7.94. The quantitative estimate of drug-likeness (QED) is 0.491. The first-order chi connectivity index (χ1) is 11.7. The molecule has 0 spiro atoms. The maximum absolute atomic E-state index is 11.9. The third-order valence-corrected chi connectivity index (χ3v) is 4.17. The molecule has 1 heterocycles. The minimum absolute atomic E-state index is 0.399. The van der Waals surface area contributed by atoms with Gasteiger partial charge in [-0.2, -0.15) is 5.10 Å². The highest BCUT2D eigenvalue weighted by Gasteiger charge is 2.17. The first-order valence-electron chi connectivity index (χ1n) is 7.56. The molecule has 0 saturated carbocycles. The molecule has 0 atom stereocenters. The van der Waals surface area contributed by atoms with Crippen molar-refractivity contribution in [3.05, 3.63) is 84.6 Å². The normalized spacial score (nSPS) is 10.9. The number of para-hydroxylation sites is 1. The van der Waals surface area contributed by atoms with Gasteiger partial charge in [-0.3, -0.25) is 4.79 Å². The van der Waals surface area contributed by atoms with E-state index in [1.165, 1.54) is 0 Å². The predicted octanol–water partition coefficient (Wildman–Crippen LogP) is 5.07. The number of fused-ring (bicyclic) bond motifs is 1. The topological polar surface area (TPSA) is 34.9 Å². The monoisotopic (exact) mass is 332 g/mol. The van der Waals surface area contributed by atoms with Gasteiger partial charge in [-0.25, -0.2) is 4.68 Å². The summed E-state index contributed by atoms with van der Waals surface area (Å²) in [6.45, 7) is 0. The molecule has 0 bridgehead atoms. The van der Waals surface area contributed by atoms with Crippen LogP contribution in [0.1, 0.15) is 10.4 Å². The van der Waals surface area contributed by atoms with Crippen LogP contribution in [0.3, 0.4) is 0 Å². The summed E-state index contributed by atoms with van der Waals surface area (Å²) in [7, 11) is 0. The summed E-state index contributed by atoms with van der Waals surface area (Å²) >= 11 is 5.79. The minimum atomic E-state index is -0.514. The number of carbonyl (C=O) groups excluding carboxylic acids is 1. The van der Waals surface area contributed by atoms with Crippen LogP contribution in [0.15, 0.2) is 79.0 Å². The number of carbonyl (C=O) groups is 1. The van der Waals surface area contributed by atoms with Crippen molar-refractivity contribution in [3.8, 4) is 16.9 Å². The lowest BCUT2D eigenvalue weighted by Gasteiger charge is -2.03. The third kappa shape index (κ3) is 2.59. The van der Waals surface area contributed by atoms with Gasteiger partial charge in [0.2, 0.25) is 0 Å². The molecule has 3 nitrogen and oxygen atoms in total. The molecule has 0 aliphatic rings. The van der Waals surface area contributed by atoms with Gasteiger partial charge in [0, 0.05) is 11.8 Å². The van der Waals surface area contributed by atoms with Crippen molar-refractivity contribution in [2.75, 3.05) is 0 Å². The van der Waals surface area contributed by atoms with Crippen LogP contribution >= 0.6 is 11.6 Å². The van der Waals surface area contributed by atoms with E-state index in [0.29, 0.717) is 11.3 Å². The predicted molar refractivity (Wildman–Crippen MR) is 96.7 cm³/mol. The molecule has 0 radical (unpaired) electrons. The van der Waals surface area contributed by atoms with Gasteiger partial charge >= 0.3 is 0 Å². The van der Waals surface area contributed by atoms with Gasteiger partial charge in [-0.1, -0.05) is 54.6 Å². The summed E-state index contributed by atoms with van der Waals surface area (Å²) in [4.78, 5) is 11.9. The van der Waals surface area contributed by atoms with Crippen molar-refractivity contribution >= 4 is 27.6 Å². The Morgan fingerprint density at radius 1 is 0.875 bits per heavy atom. The highest BCUT2D eigenvalue weighted by molar-refractivity contribution is 6.68. The zero-order valence-electron chi connectivity index (χ0n) is 12.7. The standard InChI is InChI=1S/C20H13ClN2O/c21-20(24)18-13-23(17-8-2-1-3-9-17)22-19(18)16-11-10-14-6-4-5-7-15(14)12-16/h1-13H. The fourth-order valence-corrected chi connectivity index (χ4v) is 2.92. The Morgan fingerprint density at radius 2 is 1.58 bits per heavy atom. The summed E-state index contributed by atoms with van der Waals surface area (Å²) in [5.41, 5.74) is 2.73. The SMILES string of the molecule is O=C(Cl)c1cn(-c2ccccc2)nc1-c1ccc2ccccc2c1. The average Bonchev–Trinajstić information content (AvgIpc) is 3.08. The molecular weight excluding hydrogens is 320 g/mol. The van der Waals surface area contributed by atoms with E-state index in [4.69, 9.17) is 11.6 Å². The summed E-state index contributed by atoms with van der Waals surface area (Å²) in [5, 5.41) is 6.31. The van der Waals surface area contributed by atoms with Gasteiger partial charge in [0.1, 0.15) is 5.69 Å². The Morgan fingerprint density at radius 3 is 2.33 bits per heavy atom. The zero-order valence-corrected chi connectivity index (χ0v) is 13.4. The Labute approximate surface area is 144 Å². The molecule has 0 unspecified atom stereocenters. The maximum atomic E-state index is 11.9. The van der Waals surface area contributed by atoms with Gasteiger partial charge in [0.25, 0.3) is 5.24 Å². The van der Waals surface area contributed by atoms with Crippen molar-refractivity contribution in [3.63, 3.8) is 0 Å². The Hall–Kier alpha value is -2.91. The molecule has 24 heavy (non-hydrogen) atoms. The lowest BCUT2D eigenvalue weighted by Crippen LogP contribution is -1.94. The molecule has 116 valence electrons. The molecule has 3 aromatic carbocycles. The number of hydrogen-bond donors (Lipinski definition) is 0. The molecule has 0 saturated heterocycles. The lowest BCUT2D eigenvalue weighted by atomic mass is 10.0. The van der Waals surface area contributed by atoms with Crippen LogP contribution in [-0.4, -0.2) is 15.0 Å². The molecule has 0 fully saturated rings. The van der Waals surface area contributed by atoms with Crippen molar-refractivity contribution in [2.24, 2.45) is 0 Å². The second kappa shape index (κ2) is 5.95. The molecule has 0 amide bonds. The largest absolute Gasteiger partial charge is 0.275 e. The van der Waals surface area contributed by atoms with Crippen LogP contribution in [0, 0.1) is 0 Å². The number of nitrogens with zero attached hydrogens (tertiary/aromatic N) is 2. The Kier molecular flexibility index (Phi) is 3.63. The maximum Gasteiger partial charge on any atom is 0.256 e. The van der Waals surface area contributed by atoms with Crippen molar-refractivity contribution < 1.29 is 4.79 Å². The molecule has 4 aromatic rings. The van der Waals surface area contributed by atoms with Crippen LogP contribution in [0.2, 0.25) is 0 Å². The molecular formula is C20H13ClN2O. The van der Waals surface area contributed by atoms with Crippen molar-refractivity contribution in [1.29, 1.82) is 0 Å². The van der Waals surface area contributed by atoms with Crippen molar-refractivity contribution in [2.45, 2.75) is 0 Å². The second-order valence-corrected chi connectivity index (χ2v) is 5.85. The molecule has 0 N–H and O–H groups in total. The van der Waals surface area contributed by atoms with E-state index in [1.54, 1.807) is 10.9 Å². The van der Waals surface area contributed by atoms with Crippen molar-refractivity contribution in [1.82, 2.24) is 9.78 Å². The molecule has 4 rings (SSSR count). The number of benzene rings is 3. The lowest BCUT2D eigenvalue weighted by molar-refractivity contribution is 0.108. The Balaban J connectivity index is 1.89.